The number of halogens is 1. The second-order valence-corrected chi connectivity index (χ2v) is 4.62. The van der Waals surface area contributed by atoms with Crippen LogP contribution in [0.2, 0.25) is 0 Å². The maximum Gasteiger partial charge on any atom is 0.319 e. The average Bonchev–Trinajstić information content (AvgIpc) is 2.48. The minimum Gasteiger partial charge on any atom is -0.497 e. The fourth-order valence-corrected chi connectivity index (χ4v) is 1.80. The lowest BCUT2D eigenvalue weighted by atomic mass is 10.1. The van der Waals surface area contributed by atoms with Gasteiger partial charge >= 0.3 is 6.03 Å². The number of amides is 2. The van der Waals surface area contributed by atoms with Crippen LogP contribution in [0.3, 0.4) is 0 Å². The van der Waals surface area contributed by atoms with Gasteiger partial charge in [0.1, 0.15) is 11.6 Å². The highest BCUT2D eigenvalue weighted by Gasteiger charge is 2.04. The van der Waals surface area contributed by atoms with Crippen LogP contribution in [-0.4, -0.2) is 13.1 Å². The Morgan fingerprint density at radius 2 is 2.05 bits per heavy atom. The zero-order valence-electron chi connectivity index (χ0n) is 11.9. The van der Waals surface area contributed by atoms with E-state index in [1.165, 1.54) is 6.07 Å². The Morgan fingerprint density at radius 3 is 2.76 bits per heavy atom. The first kappa shape index (κ1) is 14.8. The van der Waals surface area contributed by atoms with Crippen molar-refractivity contribution in [2.45, 2.75) is 13.5 Å². The fraction of sp³-hybridized carbons (Fsp3) is 0.188. The molecule has 5 heteroatoms. The zero-order chi connectivity index (χ0) is 15.2. The van der Waals surface area contributed by atoms with Crippen LogP contribution < -0.4 is 15.4 Å². The summed E-state index contributed by atoms with van der Waals surface area (Å²) in [5, 5.41) is 5.36. The number of nitrogens with one attached hydrogen (secondary N) is 2. The van der Waals surface area contributed by atoms with Crippen LogP contribution in [0.1, 0.15) is 11.1 Å². The van der Waals surface area contributed by atoms with Crippen molar-refractivity contribution in [1.82, 2.24) is 5.32 Å². The van der Waals surface area contributed by atoms with E-state index < -0.39 is 0 Å². The number of carbonyl (C=O) groups excluding carboxylic acids is 1. The molecule has 0 aliphatic rings. The predicted molar refractivity (Wildman–Crippen MR) is 80.0 cm³/mol. The van der Waals surface area contributed by atoms with Gasteiger partial charge in [-0.2, -0.15) is 0 Å². The molecule has 2 amide bonds. The summed E-state index contributed by atoms with van der Waals surface area (Å²) in [6, 6.07) is 11.6. The summed E-state index contributed by atoms with van der Waals surface area (Å²) in [6.07, 6.45) is 0. The number of benzene rings is 2. The van der Waals surface area contributed by atoms with E-state index in [9.17, 15) is 9.18 Å². The fourth-order valence-electron chi connectivity index (χ4n) is 1.80. The Bertz CT molecular complexity index is 644. The number of hydrogen-bond donors (Lipinski definition) is 2. The summed E-state index contributed by atoms with van der Waals surface area (Å²) in [5.74, 6) is 0.385. The minimum atomic E-state index is -0.357. The van der Waals surface area contributed by atoms with Crippen molar-refractivity contribution in [3.8, 4) is 5.75 Å². The molecular weight excluding hydrogens is 271 g/mol. The standard InChI is InChI=1S/C16H17FN2O2/c1-11-6-7-12(8-15(11)17)10-18-16(20)19-13-4-3-5-14(9-13)21-2/h3-9H,10H2,1-2H3,(H2,18,19,20). The highest BCUT2D eigenvalue weighted by molar-refractivity contribution is 5.89. The molecule has 0 aromatic heterocycles. The van der Waals surface area contributed by atoms with Crippen molar-refractivity contribution in [3.05, 3.63) is 59.4 Å². The summed E-state index contributed by atoms with van der Waals surface area (Å²) in [4.78, 5) is 11.8. The van der Waals surface area contributed by atoms with Gasteiger partial charge < -0.3 is 15.4 Å². The summed E-state index contributed by atoms with van der Waals surface area (Å²) >= 11 is 0. The molecule has 2 N–H and O–H groups in total. The van der Waals surface area contributed by atoms with Gasteiger partial charge in [-0.3, -0.25) is 0 Å². The number of hydrogen-bond acceptors (Lipinski definition) is 2. The van der Waals surface area contributed by atoms with Gasteiger partial charge in [0.25, 0.3) is 0 Å². The second kappa shape index (κ2) is 6.74. The van der Waals surface area contributed by atoms with E-state index in [1.807, 2.05) is 0 Å². The van der Waals surface area contributed by atoms with Crippen LogP contribution in [0.25, 0.3) is 0 Å². The molecule has 0 saturated carbocycles. The van der Waals surface area contributed by atoms with Crippen LogP contribution >= 0.6 is 0 Å². The van der Waals surface area contributed by atoms with Gasteiger partial charge in [-0.1, -0.05) is 18.2 Å². The number of urea groups is 1. The Hall–Kier alpha value is -2.56. The number of aryl methyl sites for hydroxylation is 1. The van der Waals surface area contributed by atoms with Crippen LogP contribution in [0.4, 0.5) is 14.9 Å². The monoisotopic (exact) mass is 288 g/mol. The van der Waals surface area contributed by atoms with Gasteiger partial charge in [-0.25, -0.2) is 9.18 Å². The van der Waals surface area contributed by atoms with Crippen molar-refractivity contribution >= 4 is 11.7 Å². The van der Waals surface area contributed by atoms with Gasteiger partial charge in [0, 0.05) is 18.3 Å². The summed E-state index contributed by atoms with van der Waals surface area (Å²) in [5.41, 5.74) is 1.92. The molecule has 0 aliphatic heterocycles. The van der Waals surface area contributed by atoms with E-state index >= 15 is 0 Å². The summed E-state index contributed by atoms with van der Waals surface area (Å²) in [6.45, 7) is 1.95. The third-order valence-corrected chi connectivity index (χ3v) is 3.02. The third kappa shape index (κ3) is 4.21. The number of anilines is 1. The molecule has 0 saturated heterocycles. The molecule has 0 fully saturated rings. The van der Waals surface area contributed by atoms with E-state index in [0.29, 0.717) is 22.6 Å². The molecule has 0 aliphatic carbocycles. The van der Waals surface area contributed by atoms with Gasteiger partial charge in [0.05, 0.1) is 7.11 Å². The molecule has 4 nitrogen and oxygen atoms in total. The largest absolute Gasteiger partial charge is 0.497 e. The van der Waals surface area contributed by atoms with Crippen LogP contribution in [0.5, 0.6) is 5.75 Å². The van der Waals surface area contributed by atoms with E-state index in [2.05, 4.69) is 10.6 Å². The normalized spacial score (nSPS) is 10.0. The minimum absolute atomic E-state index is 0.257. The Labute approximate surface area is 122 Å². The van der Waals surface area contributed by atoms with Crippen LogP contribution in [0.15, 0.2) is 42.5 Å². The molecule has 0 unspecified atom stereocenters. The topological polar surface area (TPSA) is 50.4 Å². The summed E-state index contributed by atoms with van der Waals surface area (Å²) < 4.78 is 18.5. The van der Waals surface area contributed by atoms with Gasteiger partial charge in [0.2, 0.25) is 0 Å². The van der Waals surface area contributed by atoms with Crippen molar-refractivity contribution in [3.63, 3.8) is 0 Å². The molecule has 0 bridgehead atoms. The molecular formula is C16H17FN2O2. The first-order valence-electron chi connectivity index (χ1n) is 6.52. The summed E-state index contributed by atoms with van der Waals surface area (Å²) in [7, 11) is 1.56. The molecule has 2 rings (SSSR count). The molecule has 110 valence electrons. The Balaban J connectivity index is 1.90. The van der Waals surface area contributed by atoms with Crippen LogP contribution in [-0.2, 0) is 6.54 Å². The SMILES string of the molecule is COc1cccc(NC(=O)NCc2ccc(C)c(F)c2)c1. The number of carbonyl (C=O) groups is 1. The van der Waals surface area contributed by atoms with Crippen LogP contribution in [0, 0.1) is 12.7 Å². The lowest BCUT2D eigenvalue weighted by molar-refractivity contribution is 0.251. The lowest BCUT2D eigenvalue weighted by Crippen LogP contribution is -2.28. The smallest absolute Gasteiger partial charge is 0.319 e. The second-order valence-electron chi connectivity index (χ2n) is 4.62. The number of ether oxygens (including phenoxy) is 1. The average molecular weight is 288 g/mol. The van der Waals surface area contributed by atoms with Crippen molar-refractivity contribution in [2.24, 2.45) is 0 Å². The van der Waals surface area contributed by atoms with E-state index in [4.69, 9.17) is 4.74 Å². The lowest BCUT2D eigenvalue weighted by Gasteiger charge is -2.09. The first-order valence-corrected chi connectivity index (χ1v) is 6.52. The number of rotatable bonds is 4. The van der Waals surface area contributed by atoms with Crippen molar-refractivity contribution < 1.29 is 13.9 Å². The Morgan fingerprint density at radius 1 is 1.24 bits per heavy atom. The zero-order valence-corrected chi connectivity index (χ0v) is 11.9. The Kier molecular flexibility index (Phi) is 4.77. The van der Waals surface area contributed by atoms with Gasteiger partial charge in [0.15, 0.2) is 0 Å². The van der Waals surface area contributed by atoms with Gasteiger partial charge in [-0.15, -0.1) is 0 Å². The third-order valence-electron chi connectivity index (χ3n) is 3.02. The van der Waals surface area contributed by atoms with Crippen molar-refractivity contribution in [2.75, 3.05) is 12.4 Å². The quantitative estimate of drug-likeness (QED) is 0.905. The molecule has 0 atom stereocenters. The van der Waals surface area contributed by atoms with E-state index in [-0.39, 0.29) is 18.4 Å². The van der Waals surface area contributed by atoms with E-state index in [1.54, 1.807) is 50.4 Å². The molecule has 0 heterocycles. The first-order chi connectivity index (χ1) is 10.1. The van der Waals surface area contributed by atoms with E-state index in [0.717, 1.165) is 0 Å². The molecule has 2 aromatic rings. The molecule has 0 radical (unpaired) electrons. The highest BCUT2D eigenvalue weighted by atomic mass is 19.1. The maximum absolute atomic E-state index is 13.4. The highest BCUT2D eigenvalue weighted by Crippen LogP contribution is 2.16. The van der Waals surface area contributed by atoms with Crippen molar-refractivity contribution in [1.29, 1.82) is 0 Å². The number of methoxy groups -OCH3 is 1. The molecule has 2 aromatic carbocycles. The van der Waals surface area contributed by atoms with Gasteiger partial charge in [-0.05, 0) is 36.2 Å². The predicted octanol–water partition coefficient (Wildman–Crippen LogP) is 3.46. The molecule has 0 spiro atoms. The molecule has 21 heavy (non-hydrogen) atoms. The maximum atomic E-state index is 13.4.